The zero-order valence-corrected chi connectivity index (χ0v) is 21.5. The average molecular weight is 510 g/mol. The number of benzene rings is 2. The summed E-state index contributed by atoms with van der Waals surface area (Å²) in [5.74, 6) is -0.361. The van der Waals surface area contributed by atoms with E-state index in [2.05, 4.69) is 5.32 Å². The maximum atomic E-state index is 13.6. The fraction of sp³-hybridized carbons (Fsp3) is 0.417. The molecule has 0 saturated carbocycles. The predicted molar refractivity (Wildman–Crippen MR) is 135 cm³/mol. The van der Waals surface area contributed by atoms with E-state index < -0.39 is 28.5 Å². The van der Waals surface area contributed by atoms with Crippen molar-refractivity contribution < 1.29 is 22.7 Å². The van der Waals surface area contributed by atoms with Gasteiger partial charge in [0.1, 0.15) is 18.3 Å². The minimum absolute atomic E-state index is 0.0618. The molecule has 0 aliphatic rings. The second-order valence-corrected chi connectivity index (χ2v) is 10.1. The summed E-state index contributed by atoms with van der Waals surface area (Å²) in [4.78, 5) is 27.9. The molecule has 1 atom stereocenters. The van der Waals surface area contributed by atoms with Crippen LogP contribution in [-0.2, 0) is 26.2 Å². The van der Waals surface area contributed by atoms with Gasteiger partial charge in [0.15, 0.2) is 0 Å². The lowest BCUT2D eigenvalue weighted by Gasteiger charge is -2.33. The third kappa shape index (κ3) is 7.36. The summed E-state index contributed by atoms with van der Waals surface area (Å²) in [5.41, 5.74) is 0.947. The van der Waals surface area contributed by atoms with Gasteiger partial charge in [-0.15, -0.1) is 0 Å². The van der Waals surface area contributed by atoms with Crippen LogP contribution in [0.1, 0.15) is 32.3 Å². The van der Waals surface area contributed by atoms with Crippen LogP contribution in [0.25, 0.3) is 0 Å². The molecule has 186 valence electrons. The van der Waals surface area contributed by atoms with E-state index >= 15 is 0 Å². The van der Waals surface area contributed by atoms with Gasteiger partial charge in [0, 0.05) is 24.2 Å². The molecule has 0 unspecified atom stereocenters. The Morgan fingerprint density at radius 3 is 2.41 bits per heavy atom. The van der Waals surface area contributed by atoms with Crippen LogP contribution in [0, 0.1) is 0 Å². The van der Waals surface area contributed by atoms with E-state index in [9.17, 15) is 18.0 Å². The van der Waals surface area contributed by atoms with Crippen molar-refractivity contribution in [2.75, 3.05) is 30.8 Å². The predicted octanol–water partition coefficient (Wildman–Crippen LogP) is 3.45. The minimum atomic E-state index is -3.82. The third-order valence-corrected chi connectivity index (χ3v) is 6.76. The van der Waals surface area contributed by atoms with Crippen LogP contribution in [0.2, 0.25) is 5.02 Å². The Morgan fingerprint density at radius 2 is 1.82 bits per heavy atom. The van der Waals surface area contributed by atoms with Crippen molar-refractivity contribution in [2.45, 2.75) is 39.3 Å². The molecule has 0 radical (unpaired) electrons. The first-order valence-corrected chi connectivity index (χ1v) is 13.3. The number of ether oxygens (including phenoxy) is 1. The number of amides is 2. The zero-order valence-electron chi connectivity index (χ0n) is 20.0. The number of halogens is 1. The first kappa shape index (κ1) is 27.5. The fourth-order valence-corrected chi connectivity index (χ4v) is 4.51. The van der Waals surface area contributed by atoms with E-state index in [-0.39, 0.29) is 18.1 Å². The lowest BCUT2D eigenvalue weighted by Crippen LogP contribution is -2.52. The SMILES string of the molecule is CCCNC(=O)[C@H](CC)N(Cc1ccccc1Cl)C(=O)CN(c1cccc(OC)c1)S(C)(=O)=O. The molecule has 0 aromatic heterocycles. The number of carbonyl (C=O) groups excluding carboxylic acids is 2. The van der Waals surface area contributed by atoms with Crippen molar-refractivity contribution in [3.05, 3.63) is 59.1 Å². The Kier molecular flexibility index (Phi) is 10.2. The molecule has 0 saturated heterocycles. The molecule has 2 rings (SSSR count). The van der Waals surface area contributed by atoms with E-state index in [4.69, 9.17) is 16.3 Å². The topological polar surface area (TPSA) is 96.0 Å². The lowest BCUT2D eigenvalue weighted by molar-refractivity contribution is -0.140. The number of rotatable bonds is 12. The summed E-state index contributed by atoms with van der Waals surface area (Å²) in [6.07, 6.45) is 2.13. The molecule has 0 heterocycles. The number of anilines is 1. The summed E-state index contributed by atoms with van der Waals surface area (Å²) >= 11 is 6.33. The van der Waals surface area contributed by atoms with Crippen LogP contribution in [0.3, 0.4) is 0 Å². The van der Waals surface area contributed by atoms with Crippen molar-refractivity contribution in [1.29, 1.82) is 0 Å². The van der Waals surface area contributed by atoms with Crippen molar-refractivity contribution in [2.24, 2.45) is 0 Å². The number of hydrogen-bond donors (Lipinski definition) is 1. The van der Waals surface area contributed by atoms with E-state index in [0.29, 0.717) is 29.3 Å². The summed E-state index contributed by atoms with van der Waals surface area (Å²) in [5, 5.41) is 3.29. The minimum Gasteiger partial charge on any atom is -0.497 e. The van der Waals surface area contributed by atoms with Gasteiger partial charge in [-0.05, 0) is 36.6 Å². The van der Waals surface area contributed by atoms with Crippen LogP contribution in [0.15, 0.2) is 48.5 Å². The molecule has 1 N–H and O–H groups in total. The molecule has 0 aliphatic heterocycles. The zero-order chi connectivity index (χ0) is 25.3. The molecule has 2 aromatic rings. The highest BCUT2D eigenvalue weighted by Gasteiger charge is 2.32. The Labute approximate surface area is 206 Å². The largest absolute Gasteiger partial charge is 0.497 e. The van der Waals surface area contributed by atoms with Crippen molar-refractivity contribution >= 4 is 39.1 Å². The monoisotopic (exact) mass is 509 g/mol. The molecule has 8 nitrogen and oxygen atoms in total. The summed E-state index contributed by atoms with van der Waals surface area (Å²) < 4.78 is 31.5. The highest BCUT2D eigenvalue weighted by atomic mass is 35.5. The maximum absolute atomic E-state index is 13.6. The van der Waals surface area contributed by atoms with E-state index in [1.807, 2.05) is 6.92 Å². The van der Waals surface area contributed by atoms with Crippen molar-refractivity contribution in [1.82, 2.24) is 10.2 Å². The molecular weight excluding hydrogens is 478 g/mol. The lowest BCUT2D eigenvalue weighted by atomic mass is 10.1. The average Bonchev–Trinajstić information content (AvgIpc) is 2.81. The normalized spacial score (nSPS) is 12.0. The first-order valence-electron chi connectivity index (χ1n) is 11.0. The van der Waals surface area contributed by atoms with Gasteiger partial charge in [-0.2, -0.15) is 0 Å². The van der Waals surface area contributed by atoms with Crippen LogP contribution in [0.4, 0.5) is 5.69 Å². The molecule has 0 bridgehead atoms. The van der Waals surface area contributed by atoms with Crippen molar-refractivity contribution in [3.8, 4) is 5.75 Å². The van der Waals surface area contributed by atoms with E-state index in [1.54, 1.807) is 49.4 Å². The molecular formula is C24H32ClN3O5S. The smallest absolute Gasteiger partial charge is 0.244 e. The van der Waals surface area contributed by atoms with Gasteiger partial charge in [-0.3, -0.25) is 13.9 Å². The number of sulfonamides is 1. The van der Waals surface area contributed by atoms with Gasteiger partial charge in [0.25, 0.3) is 0 Å². The van der Waals surface area contributed by atoms with Gasteiger partial charge < -0.3 is 15.0 Å². The fourth-order valence-electron chi connectivity index (χ4n) is 3.47. The van der Waals surface area contributed by atoms with Crippen LogP contribution in [-0.4, -0.2) is 57.6 Å². The van der Waals surface area contributed by atoms with E-state index in [1.165, 1.54) is 18.1 Å². The molecule has 0 fully saturated rings. The Bertz CT molecular complexity index is 1090. The molecule has 0 spiro atoms. The van der Waals surface area contributed by atoms with Gasteiger partial charge in [0.05, 0.1) is 19.1 Å². The Morgan fingerprint density at radius 1 is 1.12 bits per heavy atom. The van der Waals surface area contributed by atoms with Gasteiger partial charge in [0.2, 0.25) is 21.8 Å². The maximum Gasteiger partial charge on any atom is 0.244 e. The summed E-state index contributed by atoms with van der Waals surface area (Å²) in [6, 6.07) is 12.7. The summed E-state index contributed by atoms with van der Waals surface area (Å²) in [6.45, 7) is 3.80. The quantitative estimate of drug-likeness (QED) is 0.472. The number of methoxy groups -OCH3 is 1. The third-order valence-electron chi connectivity index (χ3n) is 5.25. The van der Waals surface area contributed by atoms with Crippen LogP contribution in [0.5, 0.6) is 5.75 Å². The standard InChI is InChI=1S/C24H32ClN3O5S/c1-5-14-26-24(30)22(6-2)27(16-18-10-7-8-13-21(18)25)23(29)17-28(34(4,31)32)19-11-9-12-20(15-19)33-3/h7-13,15,22H,5-6,14,16-17H2,1-4H3,(H,26,30)/t22-/m0/s1. The molecule has 34 heavy (non-hydrogen) atoms. The number of carbonyl (C=O) groups is 2. The molecule has 10 heteroatoms. The Hall–Kier alpha value is -2.78. The second-order valence-electron chi connectivity index (χ2n) is 7.80. The molecule has 2 aromatic carbocycles. The van der Waals surface area contributed by atoms with Crippen LogP contribution < -0.4 is 14.4 Å². The van der Waals surface area contributed by atoms with E-state index in [0.717, 1.165) is 17.0 Å². The second kappa shape index (κ2) is 12.6. The highest BCUT2D eigenvalue weighted by molar-refractivity contribution is 7.92. The van der Waals surface area contributed by atoms with Crippen molar-refractivity contribution in [3.63, 3.8) is 0 Å². The summed E-state index contributed by atoms with van der Waals surface area (Å²) in [7, 11) is -2.34. The van der Waals surface area contributed by atoms with Gasteiger partial charge in [-0.25, -0.2) is 8.42 Å². The first-order chi connectivity index (χ1) is 16.1. The van der Waals surface area contributed by atoms with Gasteiger partial charge >= 0.3 is 0 Å². The number of nitrogens with one attached hydrogen (secondary N) is 1. The van der Waals surface area contributed by atoms with Crippen LogP contribution >= 0.6 is 11.6 Å². The number of hydrogen-bond acceptors (Lipinski definition) is 5. The number of nitrogens with zero attached hydrogens (tertiary/aromatic N) is 2. The molecule has 0 aliphatic carbocycles. The highest BCUT2D eigenvalue weighted by Crippen LogP contribution is 2.25. The van der Waals surface area contributed by atoms with Gasteiger partial charge in [-0.1, -0.05) is 49.7 Å². The Balaban J connectivity index is 2.45. The molecule has 2 amide bonds.